The van der Waals surface area contributed by atoms with Gasteiger partial charge in [-0.05, 0) is 48.9 Å². The fourth-order valence-corrected chi connectivity index (χ4v) is 4.02. The summed E-state index contributed by atoms with van der Waals surface area (Å²) in [7, 11) is 0. The molecule has 1 heterocycles. The molecule has 4 aromatic rings. The van der Waals surface area contributed by atoms with Gasteiger partial charge in [0, 0.05) is 22.3 Å². The van der Waals surface area contributed by atoms with Crippen LogP contribution in [0, 0.1) is 0 Å². The van der Waals surface area contributed by atoms with E-state index in [9.17, 15) is 4.79 Å². The van der Waals surface area contributed by atoms with Crippen LogP contribution < -0.4 is 0 Å². The summed E-state index contributed by atoms with van der Waals surface area (Å²) in [5.74, 6) is 0.887. The lowest BCUT2D eigenvalue weighted by atomic mass is 10.2. The molecule has 0 atom stereocenters. The van der Waals surface area contributed by atoms with Crippen LogP contribution in [0.15, 0.2) is 83.3 Å². The lowest BCUT2D eigenvalue weighted by molar-refractivity contribution is 0.0736. The molecule has 3 aromatic carbocycles. The topological polar surface area (TPSA) is 38.1 Å². The Balaban J connectivity index is 1.75. The molecular weight excluding hydrogens is 438 g/mol. The van der Waals surface area contributed by atoms with Crippen molar-refractivity contribution in [1.29, 1.82) is 0 Å². The van der Waals surface area contributed by atoms with Crippen LogP contribution in [0.5, 0.6) is 0 Å². The van der Waals surface area contributed by atoms with Crippen molar-refractivity contribution < 1.29 is 4.79 Å². The first kappa shape index (κ1) is 20.4. The molecule has 0 unspecified atom stereocenters. The van der Waals surface area contributed by atoms with E-state index in [1.165, 1.54) is 0 Å². The van der Waals surface area contributed by atoms with Gasteiger partial charge in [-0.1, -0.05) is 65.7 Å². The zero-order valence-corrected chi connectivity index (χ0v) is 18.5. The number of carbonyl (C=O) groups is 1. The molecule has 0 bridgehead atoms. The van der Waals surface area contributed by atoms with Gasteiger partial charge in [0.1, 0.15) is 5.82 Å². The third-order valence-corrected chi connectivity index (χ3v) is 5.61. The van der Waals surface area contributed by atoms with Crippen LogP contribution >= 0.6 is 15.9 Å². The maximum Gasteiger partial charge on any atom is 0.254 e. The van der Waals surface area contributed by atoms with Crippen molar-refractivity contribution in [3.8, 4) is 5.69 Å². The van der Waals surface area contributed by atoms with Crippen LogP contribution in [-0.4, -0.2) is 26.9 Å². The highest BCUT2D eigenvalue weighted by Gasteiger charge is 2.20. The number of aromatic nitrogens is 2. The number of carbonyl (C=O) groups excluding carboxylic acids is 1. The number of halogens is 1. The summed E-state index contributed by atoms with van der Waals surface area (Å²) in [6, 6.07) is 25.9. The molecule has 0 spiro atoms. The van der Waals surface area contributed by atoms with E-state index < -0.39 is 0 Å². The number of imidazole rings is 1. The normalized spacial score (nSPS) is 11.0. The Labute approximate surface area is 185 Å². The molecule has 1 aromatic heterocycles. The van der Waals surface area contributed by atoms with Gasteiger partial charge in [0.25, 0.3) is 5.91 Å². The summed E-state index contributed by atoms with van der Waals surface area (Å²) < 4.78 is 3.06. The van der Waals surface area contributed by atoms with Gasteiger partial charge in [0.15, 0.2) is 0 Å². The van der Waals surface area contributed by atoms with Crippen molar-refractivity contribution in [3.05, 3.63) is 94.7 Å². The van der Waals surface area contributed by atoms with Gasteiger partial charge >= 0.3 is 0 Å². The molecule has 0 radical (unpaired) electrons. The second-order valence-corrected chi connectivity index (χ2v) is 8.19. The van der Waals surface area contributed by atoms with E-state index in [1.807, 2.05) is 65.6 Å². The minimum Gasteiger partial charge on any atom is -0.331 e. The van der Waals surface area contributed by atoms with Crippen molar-refractivity contribution >= 4 is 32.9 Å². The van der Waals surface area contributed by atoms with E-state index in [4.69, 9.17) is 4.98 Å². The molecule has 1 amide bonds. The molecule has 4 rings (SSSR count). The highest BCUT2D eigenvalue weighted by atomic mass is 79.9. The first-order valence-electron chi connectivity index (χ1n) is 10.2. The van der Waals surface area contributed by atoms with Gasteiger partial charge in [-0.3, -0.25) is 9.36 Å². The summed E-state index contributed by atoms with van der Waals surface area (Å²) in [6.07, 6.45) is 1.97. The number of unbranched alkanes of at least 4 members (excludes halogenated alkanes) is 1. The number of hydrogen-bond acceptors (Lipinski definition) is 2. The SMILES string of the molecule is CCCCN(Cc1nc2ccccc2n1-c1ccccc1)C(=O)c1cccc(Br)c1. The molecule has 0 fully saturated rings. The smallest absolute Gasteiger partial charge is 0.254 e. The zero-order valence-electron chi connectivity index (χ0n) is 17.0. The first-order chi connectivity index (χ1) is 14.7. The van der Waals surface area contributed by atoms with Gasteiger partial charge in [-0.25, -0.2) is 4.98 Å². The Bertz CT molecular complexity index is 1150. The summed E-state index contributed by atoms with van der Waals surface area (Å²) in [6.45, 7) is 3.29. The number of rotatable bonds is 7. The lowest BCUT2D eigenvalue weighted by Gasteiger charge is -2.23. The molecule has 0 saturated heterocycles. The molecule has 4 nitrogen and oxygen atoms in total. The highest BCUT2D eigenvalue weighted by Crippen LogP contribution is 2.23. The van der Waals surface area contributed by atoms with Crippen LogP contribution in [0.25, 0.3) is 16.7 Å². The molecule has 152 valence electrons. The predicted molar refractivity (Wildman–Crippen MR) is 125 cm³/mol. The maximum absolute atomic E-state index is 13.3. The molecule has 0 N–H and O–H groups in total. The summed E-state index contributed by atoms with van der Waals surface area (Å²) in [5, 5.41) is 0. The van der Waals surface area contributed by atoms with E-state index >= 15 is 0 Å². The van der Waals surface area contributed by atoms with E-state index in [0.29, 0.717) is 18.7 Å². The fraction of sp³-hybridized carbons (Fsp3) is 0.200. The third-order valence-electron chi connectivity index (χ3n) is 5.12. The van der Waals surface area contributed by atoms with E-state index in [2.05, 4.69) is 45.6 Å². The number of benzene rings is 3. The zero-order chi connectivity index (χ0) is 20.9. The molecule has 5 heteroatoms. The molecule has 30 heavy (non-hydrogen) atoms. The van der Waals surface area contributed by atoms with Crippen LogP contribution in [0.3, 0.4) is 0 Å². The lowest BCUT2D eigenvalue weighted by Crippen LogP contribution is -2.32. The van der Waals surface area contributed by atoms with Crippen molar-refractivity contribution in [2.24, 2.45) is 0 Å². The molecule has 0 aliphatic rings. The fourth-order valence-electron chi connectivity index (χ4n) is 3.62. The standard InChI is InChI=1S/C25H24BrN3O/c1-2-3-16-28(25(30)19-10-9-11-20(26)17-19)18-24-27-22-14-7-8-15-23(22)29(24)21-12-5-4-6-13-21/h4-15,17H,2-3,16,18H2,1H3. The van der Waals surface area contributed by atoms with Crippen LogP contribution in [0.1, 0.15) is 35.9 Å². The van der Waals surface area contributed by atoms with Gasteiger partial charge in [-0.2, -0.15) is 0 Å². The van der Waals surface area contributed by atoms with Crippen molar-refractivity contribution in [2.75, 3.05) is 6.54 Å². The van der Waals surface area contributed by atoms with Crippen molar-refractivity contribution in [2.45, 2.75) is 26.3 Å². The summed E-state index contributed by atoms with van der Waals surface area (Å²) >= 11 is 3.48. The number of hydrogen-bond donors (Lipinski definition) is 0. The van der Waals surface area contributed by atoms with E-state index in [-0.39, 0.29) is 5.91 Å². The van der Waals surface area contributed by atoms with Crippen molar-refractivity contribution in [1.82, 2.24) is 14.5 Å². The average molecular weight is 462 g/mol. The van der Waals surface area contributed by atoms with Crippen LogP contribution in [0.4, 0.5) is 0 Å². The third kappa shape index (κ3) is 4.31. The van der Waals surface area contributed by atoms with Gasteiger partial charge < -0.3 is 4.90 Å². The Kier molecular flexibility index (Phi) is 6.29. The Morgan fingerprint density at radius 1 is 1.00 bits per heavy atom. The molecule has 0 aliphatic carbocycles. The number of nitrogens with zero attached hydrogens (tertiary/aromatic N) is 3. The second kappa shape index (κ2) is 9.26. The summed E-state index contributed by atoms with van der Waals surface area (Å²) in [4.78, 5) is 20.1. The number of para-hydroxylation sites is 3. The van der Waals surface area contributed by atoms with Crippen LogP contribution in [-0.2, 0) is 6.54 Å². The predicted octanol–water partition coefficient (Wildman–Crippen LogP) is 6.23. The van der Waals surface area contributed by atoms with Gasteiger partial charge in [0.05, 0.1) is 17.6 Å². The Morgan fingerprint density at radius 3 is 2.53 bits per heavy atom. The van der Waals surface area contributed by atoms with Crippen molar-refractivity contribution in [3.63, 3.8) is 0 Å². The van der Waals surface area contributed by atoms with Gasteiger partial charge in [-0.15, -0.1) is 0 Å². The Hall–Kier alpha value is -2.92. The van der Waals surface area contributed by atoms with Crippen LogP contribution in [0.2, 0.25) is 0 Å². The second-order valence-electron chi connectivity index (χ2n) is 7.28. The number of amides is 1. The van der Waals surface area contributed by atoms with E-state index in [0.717, 1.165) is 39.9 Å². The number of fused-ring (bicyclic) bond motifs is 1. The summed E-state index contributed by atoms with van der Waals surface area (Å²) in [5.41, 5.74) is 3.71. The molecule has 0 saturated carbocycles. The molecular formula is C25H24BrN3O. The first-order valence-corrected chi connectivity index (χ1v) is 11.0. The Morgan fingerprint density at radius 2 is 1.77 bits per heavy atom. The molecule has 0 aliphatic heterocycles. The largest absolute Gasteiger partial charge is 0.331 e. The quantitative estimate of drug-likeness (QED) is 0.327. The maximum atomic E-state index is 13.3. The van der Waals surface area contributed by atoms with Gasteiger partial charge in [0.2, 0.25) is 0 Å². The minimum atomic E-state index is 0.0245. The minimum absolute atomic E-state index is 0.0245. The van der Waals surface area contributed by atoms with E-state index in [1.54, 1.807) is 0 Å². The average Bonchev–Trinajstić information content (AvgIpc) is 3.14. The monoisotopic (exact) mass is 461 g/mol. The highest BCUT2D eigenvalue weighted by molar-refractivity contribution is 9.10.